The van der Waals surface area contributed by atoms with E-state index in [9.17, 15) is 9.59 Å². The van der Waals surface area contributed by atoms with Gasteiger partial charge < -0.3 is 15.5 Å². The zero-order chi connectivity index (χ0) is 16.3. The van der Waals surface area contributed by atoms with Crippen molar-refractivity contribution in [2.24, 2.45) is 11.7 Å². The molecule has 1 aliphatic heterocycles. The van der Waals surface area contributed by atoms with Gasteiger partial charge in [0.1, 0.15) is 0 Å². The molecular formula is C17H26ClN3O2. The van der Waals surface area contributed by atoms with Gasteiger partial charge in [0.15, 0.2) is 0 Å². The van der Waals surface area contributed by atoms with Crippen LogP contribution in [0.3, 0.4) is 0 Å². The van der Waals surface area contributed by atoms with Crippen LogP contribution in [0.1, 0.15) is 37.0 Å². The number of halogens is 1. The molecule has 1 saturated heterocycles. The largest absolute Gasteiger partial charge is 0.336 e. The summed E-state index contributed by atoms with van der Waals surface area (Å²) in [6.45, 7) is 5.16. The van der Waals surface area contributed by atoms with Crippen molar-refractivity contribution in [3.63, 3.8) is 0 Å². The van der Waals surface area contributed by atoms with Gasteiger partial charge in [-0.2, -0.15) is 0 Å². The lowest BCUT2D eigenvalue weighted by molar-refractivity contribution is -0.118. The Balaban J connectivity index is 0.00000264. The van der Waals surface area contributed by atoms with E-state index < -0.39 is 0 Å². The molecule has 23 heavy (non-hydrogen) atoms. The maximum Gasteiger partial charge on any atom is 0.256 e. The number of hydrogen-bond acceptors (Lipinski definition) is 3. The maximum absolute atomic E-state index is 12.9. The van der Waals surface area contributed by atoms with Crippen LogP contribution in [0, 0.1) is 5.92 Å². The fourth-order valence-electron chi connectivity index (χ4n) is 3.07. The molecule has 1 aromatic carbocycles. The fourth-order valence-corrected chi connectivity index (χ4v) is 3.07. The monoisotopic (exact) mass is 339 g/mol. The average Bonchev–Trinajstić information content (AvgIpc) is 2.93. The number of hydrogen-bond donors (Lipinski definition) is 1. The molecule has 0 saturated carbocycles. The van der Waals surface area contributed by atoms with E-state index in [1.807, 2.05) is 30.0 Å². The lowest BCUT2D eigenvalue weighted by Crippen LogP contribution is -2.36. The Morgan fingerprint density at radius 2 is 2.00 bits per heavy atom. The summed E-state index contributed by atoms with van der Waals surface area (Å²) in [6, 6.07) is 7.48. The Morgan fingerprint density at radius 1 is 1.35 bits per heavy atom. The number of amides is 2. The van der Waals surface area contributed by atoms with E-state index >= 15 is 0 Å². The van der Waals surface area contributed by atoms with Gasteiger partial charge in [0.2, 0.25) is 5.91 Å². The third kappa shape index (κ3) is 4.03. The number of likely N-dealkylation sites (tertiary alicyclic amines) is 1. The summed E-state index contributed by atoms with van der Waals surface area (Å²) in [6.07, 6.45) is 1.35. The zero-order valence-electron chi connectivity index (χ0n) is 14.0. The van der Waals surface area contributed by atoms with E-state index in [4.69, 9.17) is 5.73 Å². The molecule has 1 fully saturated rings. The van der Waals surface area contributed by atoms with Crippen molar-refractivity contribution in [1.82, 2.24) is 4.90 Å². The van der Waals surface area contributed by atoms with Crippen LogP contribution in [0.5, 0.6) is 0 Å². The standard InChI is InChI=1S/C17H25N3O2.ClH/c1-4-16(21)19(3)15-8-6-5-7-14(15)17(22)20-11-13(10-18)9-12(20)2;/h5-8,12-13H,4,9-11,18H2,1-3H3;1H. The van der Waals surface area contributed by atoms with Crippen molar-refractivity contribution in [1.29, 1.82) is 0 Å². The number of nitrogens with two attached hydrogens (primary N) is 1. The molecule has 2 N–H and O–H groups in total. The molecular weight excluding hydrogens is 314 g/mol. The first-order valence-corrected chi connectivity index (χ1v) is 7.86. The predicted octanol–water partition coefficient (Wildman–Crippen LogP) is 2.29. The second-order valence-corrected chi connectivity index (χ2v) is 5.97. The van der Waals surface area contributed by atoms with E-state index in [2.05, 4.69) is 6.92 Å². The molecule has 1 aliphatic rings. The minimum atomic E-state index is -0.0187. The van der Waals surface area contributed by atoms with Crippen LogP contribution >= 0.6 is 12.4 Å². The van der Waals surface area contributed by atoms with Crippen molar-refractivity contribution >= 4 is 29.9 Å². The van der Waals surface area contributed by atoms with Gasteiger partial charge in [-0.3, -0.25) is 9.59 Å². The van der Waals surface area contributed by atoms with Crippen LogP contribution in [-0.2, 0) is 4.79 Å². The third-order valence-corrected chi connectivity index (χ3v) is 4.43. The van der Waals surface area contributed by atoms with Crippen LogP contribution in [0.4, 0.5) is 5.69 Å². The average molecular weight is 340 g/mol. The van der Waals surface area contributed by atoms with Crippen molar-refractivity contribution in [3.8, 4) is 0 Å². The normalized spacial score (nSPS) is 20.1. The number of carbonyl (C=O) groups excluding carboxylic acids is 2. The van der Waals surface area contributed by atoms with Crippen LogP contribution in [0.25, 0.3) is 0 Å². The predicted molar refractivity (Wildman–Crippen MR) is 95.1 cm³/mol. The molecule has 0 bridgehead atoms. The highest BCUT2D eigenvalue weighted by Gasteiger charge is 2.33. The van der Waals surface area contributed by atoms with Crippen LogP contribution in [0.15, 0.2) is 24.3 Å². The summed E-state index contributed by atoms with van der Waals surface area (Å²) in [7, 11) is 1.72. The van der Waals surface area contributed by atoms with E-state index in [1.165, 1.54) is 0 Å². The lowest BCUT2D eigenvalue weighted by Gasteiger charge is -2.25. The molecule has 128 valence electrons. The lowest BCUT2D eigenvalue weighted by atomic mass is 10.1. The van der Waals surface area contributed by atoms with Crippen LogP contribution < -0.4 is 10.6 Å². The minimum absolute atomic E-state index is 0. The van der Waals surface area contributed by atoms with Crippen molar-refractivity contribution in [3.05, 3.63) is 29.8 Å². The van der Waals surface area contributed by atoms with Gasteiger partial charge in [0.25, 0.3) is 5.91 Å². The highest BCUT2D eigenvalue weighted by molar-refractivity contribution is 6.04. The Bertz CT molecular complexity index is 565. The van der Waals surface area contributed by atoms with E-state index in [0.717, 1.165) is 6.42 Å². The Kier molecular flexibility index (Phi) is 7.03. The molecule has 0 spiro atoms. The first kappa shape index (κ1) is 19.5. The summed E-state index contributed by atoms with van der Waals surface area (Å²) in [5, 5.41) is 0. The highest BCUT2D eigenvalue weighted by Crippen LogP contribution is 2.28. The molecule has 0 aliphatic carbocycles. The molecule has 5 nitrogen and oxygen atoms in total. The van der Waals surface area contributed by atoms with Crippen molar-refractivity contribution in [2.75, 3.05) is 25.0 Å². The maximum atomic E-state index is 12.9. The molecule has 1 heterocycles. The number of anilines is 1. The molecule has 2 atom stereocenters. The Hall–Kier alpha value is -1.59. The second-order valence-electron chi connectivity index (χ2n) is 5.97. The minimum Gasteiger partial charge on any atom is -0.336 e. The van der Waals surface area contributed by atoms with Gasteiger partial charge >= 0.3 is 0 Å². The Morgan fingerprint density at radius 3 is 2.57 bits per heavy atom. The van der Waals surface area contributed by atoms with Gasteiger partial charge in [0.05, 0.1) is 11.3 Å². The van der Waals surface area contributed by atoms with E-state index in [1.54, 1.807) is 18.0 Å². The van der Waals surface area contributed by atoms with Crippen molar-refractivity contribution < 1.29 is 9.59 Å². The number of rotatable bonds is 4. The fraction of sp³-hybridized carbons (Fsp3) is 0.529. The smallest absolute Gasteiger partial charge is 0.256 e. The topological polar surface area (TPSA) is 66.6 Å². The molecule has 1 aromatic rings. The number of para-hydroxylation sites is 1. The molecule has 2 amide bonds. The summed E-state index contributed by atoms with van der Waals surface area (Å²) in [4.78, 5) is 28.3. The highest BCUT2D eigenvalue weighted by atomic mass is 35.5. The molecule has 6 heteroatoms. The van der Waals surface area contributed by atoms with Gasteiger partial charge in [-0.1, -0.05) is 19.1 Å². The summed E-state index contributed by atoms with van der Waals surface area (Å²) < 4.78 is 0. The van der Waals surface area contributed by atoms with Gasteiger partial charge in [-0.25, -0.2) is 0 Å². The summed E-state index contributed by atoms with van der Waals surface area (Å²) in [5.74, 6) is 0.338. The SMILES string of the molecule is CCC(=O)N(C)c1ccccc1C(=O)N1CC(CN)CC1C.Cl. The first-order chi connectivity index (χ1) is 10.5. The molecule has 0 radical (unpaired) electrons. The molecule has 2 rings (SSSR count). The first-order valence-electron chi connectivity index (χ1n) is 7.86. The Labute approximate surface area is 144 Å². The number of benzene rings is 1. The van der Waals surface area contributed by atoms with E-state index in [0.29, 0.717) is 36.7 Å². The molecule has 2 unspecified atom stereocenters. The summed E-state index contributed by atoms with van der Waals surface area (Å²) >= 11 is 0. The van der Waals surface area contributed by atoms with Crippen molar-refractivity contribution in [2.45, 2.75) is 32.7 Å². The number of nitrogens with zero attached hydrogens (tertiary/aromatic N) is 2. The quantitative estimate of drug-likeness (QED) is 0.915. The third-order valence-electron chi connectivity index (χ3n) is 4.43. The van der Waals surface area contributed by atoms with Crippen LogP contribution in [0.2, 0.25) is 0 Å². The van der Waals surface area contributed by atoms with Crippen LogP contribution in [-0.4, -0.2) is 42.9 Å². The van der Waals surface area contributed by atoms with Gasteiger partial charge in [-0.05, 0) is 37.9 Å². The van der Waals surface area contributed by atoms with E-state index in [-0.39, 0.29) is 30.3 Å². The summed E-state index contributed by atoms with van der Waals surface area (Å²) in [5.41, 5.74) is 6.99. The number of carbonyl (C=O) groups is 2. The zero-order valence-corrected chi connectivity index (χ0v) is 14.8. The second kappa shape index (κ2) is 8.31. The van der Waals surface area contributed by atoms with Gasteiger partial charge in [0, 0.05) is 26.1 Å². The van der Waals surface area contributed by atoms with Gasteiger partial charge in [-0.15, -0.1) is 12.4 Å². The molecule has 0 aromatic heterocycles.